The minimum absolute atomic E-state index is 0.417. The van der Waals surface area contributed by atoms with Gasteiger partial charge in [-0.25, -0.2) is 10.8 Å². The molecule has 1 aromatic heterocycles. The predicted molar refractivity (Wildman–Crippen MR) is 78.5 cm³/mol. The van der Waals surface area contributed by atoms with Crippen LogP contribution in [0.1, 0.15) is 25.8 Å². The van der Waals surface area contributed by atoms with Crippen molar-refractivity contribution in [1.29, 1.82) is 0 Å². The molecule has 0 aliphatic carbocycles. The number of hydrazine groups is 1. The maximum absolute atomic E-state index is 5.31. The van der Waals surface area contributed by atoms with Crippen LogP contribution in [-0.4, -0.2) is 33.5 Å². The number of hydrogen-bond donors (Lipinski definition) is 2. The maximum Gasteiger partial charge on any atom is 0.139 e. The third-order valence-corrected chi connectivity index (χ3v) is 4.68. The zero-order valence-electron chi connectivity index (χ0n) is 11.1. The molecule has 1 aliphatic rings. The molecule has 3 N–H and O–H groups in total. The van der Waals surface area contributed by atoms with Gasteiger partial charge in [0.15, 0.2) is 0 Å². The number of nitrogens with one attached hydrogen (secondary N) is 1. The van der Waals surface area contributed by atoms with Crippen molar-refractivity contribution in [3.63, 3.8) is 0 Å². The summed E-state index contributed by atoms with van der Waals surface area (Å²) in [5.74, 6) is 7.23. The first-order valence-corrected chi connectivity index (χ1v) is 7.35. The second kappa shape index (κ2) is 5.91. The second-order valence-corrected chi connectivity index (χ2v) is 7.13. The fourth-order valence-electron chi connectivity index (χ4n) is 2.08. The van der Waals surface area contributed by atoms with Crippen molar-refractivity contribution in [3.8, 4) is 0 Å². The lowest BCUT2D eigenvalue weighted by molar-refractivity contribution is 0.276. The maximum atomic E-state index is 5.31. The van der Waals surface area contributed by atoms with Crippen LogP contribution in [0.25, 0.3) is 0 Å². The van der Waals surface area contributed by atoms with Crippen LogP contribution >= 0.6 is 11.8 Å². The fourth-order valence-corrected chi connectivity index (χ4v) is 3.22. The third kappa shape index (κ3) is 3.86. The van der Waals surface area contributed by atoms with E-state index in [1.165, 1.54) is 17.7 Å². The van der Waals surface area contributed by atoms with E-state index in [1.807, 2.05) is 12.3 Å². The molecule has 1 aliphatic heterocycles. The van der Waals surface area contributed by atoms with Crippen LogP contribution in [0.3, 0.4) is 0 Å². The Kier molecular flexibility index (Phi) is 4.48. The van der Waals surface area contributed by atoms with Crippen LogP contribution in [0.15, 0.2) is 18.3 Å². The van der Waals surface area contributed by atoms with E-state index in [4.69, 9.17) is 5.84 Å². The summed E-state index contributed by atoms with van der Waals surface area (Å²) in [6.45, 7) is 7.98. The Morgan fingerprint density at radius 1 is 1.44 bits per heavy atom. The van der Waals surface area contributed by atoms with Crippen molar-refractivity contribution in [2.45, 2.75) is 31.6 Å². The van der Waals surface area contributed by atoms with Gasteiger partial charge < -0.3 is 5.43 Å². The van der Waals surface area contributed by atoms with Crippen LogP contribution in [0.2, 0.25) is 0 Å². The standard InChI is InChI=1S/C13H22N4S/c1-13(2)5-6-17(7-8-18-13)10-11-3-4-12(16-14)15-9-11/h3-4,9H,5-8,10,14H2,1-2H3,(H,15,16). The average Bonchev–Trinajstić information content (AvgIpc) is 2.52. The van der Waals surface area contributed by atoms with Crippen molar-refractivity contribution in [1.82, 2.24) is 9.88 Å². The minimum Gasteiger partial charge on any atom is -0.308 e. The quantitative estimate of drug-likeness (QED) is 0.648. The lowest BCUT2D eigenvalue weighted by atomic mass is 10.1. The predicted octanol–water partition coefficient (Wildman–Crippen LogP) is 2.08. The summed E-state index contributed by atoms with van der Waals surface area (Å²) >= 11 is 2.08. The molecule has 0 radical (unpaired) electrons. The van der Waals surface area contributed by atoms with Gasteiger partial charge in [-0.2, -0.15) is 11.8 Å². The van der Waals surface area contributed by atoms with Crippen molar-refractivity contribution >= 4 is 17.6 Å². The van der Waals surface area contributed by atoms with Gasteiger partial charge in [-0.05, 0) is 24.6 Å². The lowest BCUT2D eigenvalue weighted by Gasteiger charge is -2.22. The molecule has 1 aromatic rings. The third-order valence-electron chi connectivity index (χ3n) is 3.31. The summed E-state index contributed by atoms with van der Waals surface area (Å²) in [4.78, 5) is 6.75. The summed E-state index contributed by atoms with van der Waals surface area (Å²) < 4.78 is 0.417. The molecule has 2 heterocycles. The molecule has 0 unspecified atom stereocenters. The topological polar surface area (TPSA) is 54.2 Å². The molecule has 2 rings (SSSR count). The molecule has 18 heavy (non-hydrogen) atoms. The zero-order valence-corrected chi connectivity index (χ0v) is 12.0. The Labute approximate surface area is 113 Å². The van der Waals surface area contributed by atoms with E-state index in [0.717, 1.165) is 19.6 Å². The van der Waals surface area contributed by atoms with Crippen molar-refractivity contribution in [3.05, 3.63) is 23.9 Å². The van der Waals surface area contributed by atoms with Gasteiger partial charge in [0.05, 0.1) is 0 Å². The van der Waals surface area contributed by atoms with Crippen LogP contribution in [0, 0.1) is 0 Å². The first kappa shape index (κ1) is 13.6. The van der Waals surface area contributed by atoms with Gasteiger partial charge in [0.25, 0.3) is 0 Å². The molecule has 0 amide bonds. The number of thioether (sulfide) groups is 1. The Bertz CT molecular complexity index is 377. The van der Waals surface area contributed by atoms with Gasteiger partial charge in [0.2, 0.25) is 0 Å². The number of rotatable bonds is 3. The number of nitrogens with zero attached hydrogens (tertiary/aromatic N) is 2. The Hall–Kier alpha value is -0.780. The number of nitrogens with two attached hydrogens (primary N) is 1. The highest BCUT2D eigenvalue weighted by molar-refractivity contribution is 8.00. The Balaban J connectivity index is 1.92. The van der Waals surface area contributed by atoms with E-state index in [1.54, 1.807) is 0 Å². The molecule has 0 atom stereocenters. The highest BCUT2D eigenvalue weighted by Gasteiger charge is 2.23. The summed E-state index contributed by atoms with van der Waals surface area (Å²) in [5.41, 5.74) is 3.80. The summed E-state index contributed by atoms with van der Waals surface area (Å²) in [6.07, 6.45) is 3.14. The van der Waals surface area contributed by atoms with E-state index in [2.05, 4.69) is 47.0 Å². The highest BCUT2D eigenvalue weighted by Crippen LogP contribution is 2.30. The normalized spacial score (nSPS) is 20.4. The molecule has 1 fully saturated rings. The van der Waals surface area contributed by atoms with E-state index in [0.29, 0.717) is 10.6 Å². The smallest absolute Gasteiger partial charge is 0.139 e. The molecule has 0 bridgehead atoms. The number of anilines is 1. The van der Waals surface area contributed by atoms with Crippen LogP contribution in [-0.2, 0) is 6.54 Å². The number of aromatic nitrogens is 1. The molecular weight excluding hydrogens is 244 g/mol. The molecule has 0 saturated carbocycles. The molecule has 5 heteroatoms. The number of hydrogen-bond acceptors (Lipinski definition) is 5. The van der Waals surface area contributed by atoms with Gasteiger partial charge in [-0.1, -0.05) is 19.9 Å². The van der Waals surface area contributed by atoms with E-state index < -0.39 is 0 Å². The largest absolute Gasteiger partial charge is 0.308 e. The van der Waals surface area contributed by atoms with Gasteiger partial charge in [0, 0.05) is 29.8 Å². The number of nitrogen functional groups attached to an aromatic ring is 1. The van der Waals surface area contributed by atoms with Crippen LogP contribution in [0.5, 0.6) is 0 Å². The first-order valence-electron chi connectivity index (χ1n) is 6.37. The van der Waals surface area contributed by atoms with Crippen LogP contribution in [0.4, 0.5) is 5.82 Å². The molecule has 100 valence electrons. The van der Waals surface area contributed by atoms with Gasteiger partial charge >= 0.3 is 0 Å². The Morgan fingerprint density at radius 3 is 2.94 bits per heavy atom. The minimum atomic E-state index is 0.417. The summed E-state index contributed by atoms with van der Waals surface area (Å²) in [5, 5.41) is 0. The molecule has 1 saturated heterocycles. The van der Waals surface area contributed by atoms with Gasteiger partial charge in [0.1, 0.15) is 5.82 Å². The van der Waals surface area contributed by atoms with Crippen molar-refractivity contribution in [2.75, 3.05) is 24.3 Å². The highest BCUT2D eigenvalue weighted by atomic mass is 32.2. The molecule has 0 aromatic carbocycles. The summed E-state index contributed by atoms with van der Waals surface area (Å²) in [6, 6.07) is 4.01. The lowest BCUT2D eigenvalue weighted by Crippen LogP contribution is -2.26. The van der Waals surface area contributed by atoms with E-state index in [-0.39, 0.29) is 0 Å². The van der Waals surface area contributed by atoms with Crippen molar-refractivity contribution in [2.24, 2.45) is 5.84 Å². The monoisotopic (exact) mass is 266 g/mol. The van der Waals surface area contributed by atoms with Crippen molar-refractivity contribution < 1.29 is 0 Å². The average molecular weight is 266 g/mol. The second-order valence-electron chi connectivity index (χ2n) is 5.33. The molecule has 4 nitrogen and oxygen atoms in total. The van der Waals surface area contributed by atoms with E-state index in [9.17, 15) is 0 Å². The van der Waals surface area contributed by atoms with Crippen LogP contribution < -0.4 is 11.3 Å². The summed E-state index contributed by atoms with van der Waals surface area (Å²) in [7, 11) is 0. The fraction of sp³-hybridized carbons (Fsp3) is 0.615. The molecular formula is C13H22N4S. The molecule has 0 spiro atoms. The van der Waals surface area contributed by atoms with E-state index >= 15 is 0 Å². The zero-order chi connectivity index (χ0) is 13.0. The number of pyridine rings is 1. The Morgan fingerprint density at radius 2 is 2.28 bits per heavy atom. The van der Waals surface area contributed by atoms with Gasteiger partial charge in [-0.3, -0.25) is 4.90 Å². The first-order chi connectivity index (χ1) is 8.59. The van der Waals surface area contributed by atoms with Gasteiger partial charge in [-0.15, -0.1) is 0 Å². The SMILES string of the molecule is CC1(C)CCN(Cc2ccc(NN)nc2)CCS1.